The van der Waals surface area contributed by atoms with Crippen LogP contribution in [-0.2, 0) is 14.3 Å². The highest BCUT2D eigenvalue weighted by molar-refractivity contribution is 5.82. The molecule has 138 valence electrons. The van der Waals surface area contributed by atoms with Gasteiger partial charge < -0.3 is 20.3 Å². The maximum Gasteiger partial charge on any atom is 0.239 e. The van der Waals surface area contributed by atoms with Crippen molar-refractivity contribution in [3.05, 3.63) is 0 Å². The molecule has 0 aliphatic carbocycles. The lowest BCUT2D eigenvalue weighted by molar-refractivity contribution is -0.136. The molecule has 0 aromatic carbocycles. The molecule has 2 heterocycles. The third-order valence-corrected chi connectivity index (χ3v) is 4.99. The number of carbonyl (C=O) groups excluding carboxylic acids is 2. The molecule has 7 heteroatoms. The van der Waals surface area contributed by atoms with E-state index in [-0.39, 0.29) is 23.9 Å². The second-order valence-corrected chi connectivity index (χ2v) is 6.68. The van der Waals surface area contributed by atoms with Crippen molar-refractivity contribution in [3.8, 4) is 0 Å². The van der Waals surface area contributed by atoms with Gasteiger partial charge in [-0.2, -0.15) is 0 Å². The van der Waals surface area contributed by atoms with Crippen molar-refractivity contribution in [1.82, 2.24) is 20.4 Å². The quantitative estimate of drug-likeness (QED) is 0.629. The van der Waals surface area contributed by atoms with Gasteiger partial charge in [0, 0.05) is 46.4 Å². The second kappa shape index (κ2) is 9.96. The molecule has 0 spiro atoms. The first-order valence-corrected chi connectivity index (χ1v) is 9.16. The van der Waals surface area contributed by atoms with Crippen molar-refractivity contribution < 1.29 is 14.3 Å². The van der Waals surface area contributed by atoms with Gasteiger partial charge in [-0.25, -0.2) is 0 Å². The number of nitrogens with one attached hydrogen (secondary N) is 2. The van der Waals surface area contributed by atoms with Crippen LogP contribution < -0.4 is 10.6 Å². The largest absolute Gasteiger partial charge is 0.385 e. The molecule has 0 aromatic heterocycles. The summed E-state index contributed by atoms with van der Waals surface area (Å²) in [7, 11) is 1.66. The van der Waals surface area contributed by atoms with Crippen LogP contribution in [0.2, 0.25) is 0 Å². The number of rotatable bonds is 7. The number of ether oxygens (including phenoxy) is 1. The van der Waals surface area contributed by atoms with Crippen molar-refractivity contribution in [2.45, 2.75) is 44.7 Å². The van der Waals surface area contributed by atoms with E-state index in [0.717, 1.165) is 45.3 Å². The lowest BCUT2D eigenvalue weighted by Crippen LogP contribution is -2.58. The average Bonchev–Trinajstić information content (AvgIpc) is 2.64. The Hall–Kier alpha value is -1.18. The van der Waals surface area contributed by atoms with Gasteiger partial charge in [0.1, 0.15) is 0 Å². The standard InChI is InChI=1S/C17H32N4O3/c1-14(16(22)19-8-5-13-24-2)20-9-11-21(12-10-20)17(23)15-6-3-4-7-18-15/h14-15,18H,3-13H2,1-2H3,(H,19,22)/t14?,15-/m1/s1. The third kappa shape index (κ3) is 5.43. The summed E-state index contributed by atoms with van der Waals surface area (Å²) in [5.74, 6) is 0.283. The number of hydrogen-bond donors (Lipinski definition) is 2. The number of carbonyl (C=O) groups is 2. The summed E-state index contributed by atoms with van der Waals surface area (Å²) in [5.41, 5.74) is 0. The van der Waals surface area contributed by atoms with Crippen LogP contribution in [0.25, 0.3) is 0 Å². The van der Waals surface area contributed by atoms with Gasteiger partial charge in [-0.1, -0.05) is 6.42 Å². The van der Waals surface area contributed by atoms with Gasteiger partial charge in [0.25, 0.3) is 0 Å². The molecule has 0 saturated carbocycles. The monoisotopic (exact) mass is 340 g/mol. The molecule has 1 unspecified atom stereocenters. The normalized spacial score (nSPS) is 23.8. The minimum Gasteiger partial charge on any atom is -0.385 e. The summed E-state index contributed by atoms with van der Waals surface area (Å²) in [6.45, 7) is 7.10. The first-order valence-electron chi connectivity index (χ1n) is 9.16. The summed E-state index contributed by atoms with van der Waals surface area (Å²) < 4.78 is 4.98. The van der Waals surface area contributed by atoms with Crippen molar-refractivity contribution in [2.75, 3.05) is 53.0 Å². The van der Waals surface area contributed by atoms with E-state index in [1.165, 1.54) is 0 Å². The minimum absolute atomic E-state index is 0.00759. The van der Waals surface area contributed by atoms with Crippen LogP contribution >= 0.6 is 0 Å². The highest BCUT2D eigenvalue weighted by Gasteiger charge is 2.30. The van der Waals surface area contributed by atoms with Crippen LogP contribution in [-0.4, -0.2) is 86.7 Å². The van der Waals surface area contributed by atoms with E-state index in [1.807, 2.05) is 11.8 Å². The zero-order valence-corrected chi connectivity index (χ0v) is 15.1. The fourth-order valence-corrected chi connectivity index (χ4v) is 3.35. The molecule has 0 radical (unpaired) electrons. The fraction of sp³-hybridized carbons (Fsp3) is 0.882. The van der Waals surface area contributed by atoms with Crippen molar-refractivity contribution in [2.24, 2.45) is 0 Å². The van der Waals surface area contributed by atoms with Gasteiger partial charge in [0.2, 0.25) is 11.8 Å². The Morgan fingerprint density at radius 1 is 1.25 bits per heavy atom. The topological polar surface area (TPSA) is 73.9 Å². The molecule has 2 aliphatic heterocycles. The van der Waals surface area contributed by atoms with Crippen molar-refractivity contribution in [3.63, 3.8) is 0 Å². The number of methoxy groups -OCH3 is 1. The van der Waals surface area contributed by atoms with Crippen molar-refractivity contribution >= 4 is 11.8 Å². The predicted molar refractivity (Wildman–Crippen MR) is 92.8 cm³/mol. The Labute approximate surface area is 145 Å². The van der Waals surface area contributed by atoms with Gasteiger partial charge in [-0.05, 0) is 32.7 Å². The van der Waals surface area contributed by atoms with Gasteiger partial charge in [-0.15, -0.1) is 0 Å². The Bertz CT molecular complexity index is 405. The molecular weight excluding hydrogens is 308 g/mol. The maximum atomic E-state index is 12.5. The van der Waals surface area contributed by atoms with E-state index in [2.05, 4.69) is 15.5 Å². The lowest BCUT2D eigenvalue weighted by atomic mass is 10.0. The van der Waals surface area contributed by atoms with E-state index >= 15 is 0 Å². The second-order valence-electron chi connectivity index (χ2n) is 6.68. The molecule has 2 rings (SSSR count). The van der Waals surface area contributed by atoms with E-state index in [9.17, 15) is 9.59 Å². The summed E-state index contributed by atoms with van der Waals surface area (Å²) in [5, 5.41) is 6.27. The van der Waals surface area contributed by atoms with E-state index in [4.69, 9.17) is 4.74 Å². The lowest BCUT2D eigenvalue weighted by Gasteiger charge is -2.39. The molecule has 2 atom stereocenters. The zero-order chi connectivity index (χ0) is 17.4. The van der Waals surface area contributed by atoms with Gasteiger partial charge in [0.05, 0.1) is 12.1 Å². The molecule has 2 saturated heterocycles. The number of amides is 2. The molecule has 24 heavy (non-hydrogen) atoms. The van der Waals surface area contributed by atoms with Crippen LogP contribution in [0.15, 0.2) is 0 Å². The van der Waals surface area contributed by atoms with Crippen LogP contribution in [0.3, 0.4) is 0 Å². The maximum absolute atomic E-state index is 12.5. The van der Waals surface area contributed by atoms with E-state index < -0.39 is 0 Å². The van der Waals surface area contributed by atoms with E-state index in [0.29, 0.717) is 26.2 Å². The van der Waals surface area contributed by atoms with Crippen molar-refractivity contribution in [1.29, 1.82) is 0 Å². The molecule has 7 nitrogen and oxygen atoms in total. The molecule has 2 N–H and O–H groups in total. The van der Waals surface area contributed by atoms with Gasteiger partial charge in [0.15, 0.2) is 0 Å². The van der Waals surface area contributed by atoms with Crippen LogP contribution in [0, 0.1) is 0 Å². The summed E-state index contributed by atoms with van der Waals surface area (Å²) >= 11 is 0. The van der Waals surface area contributed by atoms with E-state index in [1.54, 1.807) is 7.11 Å². The predicted octanol–water partition coefficient (Wildman–Crippen LogP) is -0.186. The minimum atomic E-state index is -0.155. The molecular formula is C17H32N4O3. The molecule has 0 aromatic rings. The smallest absolute Gasteiger partial charge is 0.239 e. The summed E-state index contributed by atoms with van der Waals surface area (Å²) in [6, 6.07) is -0.163. The van der Waals surface area contributed by atoms with Crippen LogP contribution in [0.1, 0.15) is 32.6 Å². The third-order valence-electron chi connectivity index (χ3n) is 4.99. The highest BCUT2D eigenvalue weighted by Crippen LogP contribution is 2.13. The first kappa shape index (κ1) is 19.1. The highest BCUT2D eigenvalue weighted by atomic mass is 16.5. The van der Waals surface area contributed by atoms with Crippen LogP contribution in [0.4, 0.5) is 0 Å². The van der Waals surface area contributed by atoms with Crippen LogP contribution in [0.5, 0.6) is 0 Å². The number of nitrogens with zero attached hydrogens (tertiary/aromatic N) is 2. The Kier molecular flexibility index (Phi) is 7.94. The summed E-state index contributed by atoms with van der Waals surface area (Å²) in [6.07, 6.45) is 4.06. The Morgan fingerprint density at radius 3 is 2.62 bits per heavy atom. The molecule has 2 fully saturated rings. The van der Waals surface area contributed by atoms with Gasteiger partial charge >= 0.3 is 0 Å². The first-order chi connectivity index (χ1) is 11.6. The van der Waals surface area contributed by atoms with Gasteiger partial charge in [-0.3, -0.25) is 14.5 Å². The molecule has 2 amide bonds. The number of piperazine rings is 1. The Morgan fingerprint density at radius 2 is 2.00 bits per heavy atom. The Balaban J connectivity index is 1.71. The molecule has 2 aliphatic rings. The summed E-state index contributed by atoms with van der Waals surface area (Å²) in [4.78, 5) is 28.8. The molecule has 0 bridgehead atoms. The number of piperidine rings is 1. The number of hydrogen-bond acceptors (Lipinski definition) is 5. The SMILES string of the molecule is COCCCNC(=O)C(C)N1CCN(C(=O)[C@H]2CCCCN2)CC1. The average molecular weight is 340 g/mol. The zero-order valence-electron chi connectivity index (χ0n) is 15.1. The fourth-order valence-electron chi connectivity index (χ4n) is 3.35.